The molecule has 2 aliphatic heterocycles. The van der Waals surface area contributed by atoms with Gasteiger partial charge in [-0.15, -0.1) is 0 Å². The predicted octanol–water partition coefficient (Wildman–Crippen LogP) is 6.06. The first-order chi connectivity index (χ1) is 16.1. The Morgan fingerprint density at radius 3 is 2.50 bits per heavy atom. The Morgan fingerprint density at radius 2 is 1.82 bits per heavy atom. The lowest BCUT2D eigenvalue weighted by Gasteiger charge is -2.27. The molecule has 2 aliphatic rings. The molecule has 7 heteroatoms. The quantitative estimate of drug-likeness (QED) is 0.439. The minimum atomic E-state index is -0.186. The summed E-state index contributed by atoms with van der Waals surface area (Å²) < 4.78 is 18.2. The number of ketones is 1. The molecule has 1 N–H and O–H groups in total. The van der Waals surface area contributed by atoms with Gasteiger partial charge in [-0.1, -0.05) is 43.6 Å². The van der Waals surface area contributed by atoms with E-state index in [-0.39, 0.29) is 24.1 Å². The van der Waals surface area contributed by atoms with Crippen LogP contribution in [0.3, 0.4) is 0 Å². The second-order valence-electron chi connectivity index (χ2n) is 9.91. The van der Waals surface area contributed by atoms with Gasteiger partial charge in [0, 0.05) is 35.2 Å². The molecule has 0 aromatic heterocycles. The third-order valence-corrected chi connectivity index (χ3v) is 6.30. The lowest BCUT2D eigenvalue weighted by Crippen LogP contribution is -2.31. The van der Waals surface area contributed by atoms with Crippen LogP contribution < -0.4 is 9.47 Å². The van der Waals surface area contributed by atoms with Gasteiger partial charge in [0.15, 0.2) is 12.6 Å². The molecule has 4 rings (SSSR count). The Bertz CT molecular complexity index is 1130. The lowest BCUT2D eigenvalue weighted by molar-refractivity contribution is -0.0165. The molecule has 6 nitrogen and oxygen atoms in total. The van der Waals surface area contributed by atoms with E-state index in [1.807, 2.05) is 19.1 Å². The fourth-order valence-corrected chi connectivity index (χ4v) is 5.17. The van der Waals surface area contributed by atoms with Crippen LogP contribution in [0.25, 0.3) is 6.08 Å². The Kier molecular flexibility index (Phi) is 7.36. The fourth-order valence-electron chi connectivity index (χ4n) is 4.65. The van der Waals surface area contributed by atoms with E-state index in [1.165, 1.54) is 0 Å². The number of benzene rings is 2. The molecule has 0 fully saturated rings. The molecule has 2 heterocycles. The van der Waals surface area contributed by atoms with Crippen LogP contribution in [0.5, 0.6) is 17.2 Å². The van der Waals surface area contributed by atoms with Crippen molar-refractivity contribution in [2.24, 2.45) is 11.8 Å². The van der Waals surface area contributed by atoms with Crippen LogP contribution in [-0.4, -0.2) is 35.7 Å². The number of fused-ring (bicyclic) bond motifs is 2. The van der Waals surface area contributed by atoms with Crippen LogP contribution in [0.2, 0.25) is 0 Å². The zero-order valence-electron chi connectivity index (χ0n) is 20.4. The molecule has 0 bridgehead atoms. The molecule has 0 unspecified atom stereocenters. The van der Waals surface area contributed by atoms with Gasteiger partial charge in [0.2, 0.25) is 5.78 Å². The highest BCUT2D eigenvalue weighted by atomic mass is 79.9. The number of rotatable bonds is 7. The number of ether oxygens (including phenoxy) is 3. The molecule has 0 saturated heterocycles. The monoisotopic (exact) mass is 529 g/mol. The highest BCUT2D eigenvalue weighted by Crippen LogP contribution is 2.43. The molecule has 34 heavy (non-hydrogen) atoms. The summed E-state index contributed by atoms with van der Waals surface area (Å²) >= 11 is 3.53. The Hall–Kier alpha value is -2.35. The largest absolute Gasteiger partial charge is 0.507 e. The van der Waals surface area contributed by atoms with Gasteiger partial charge in [-0.25, -0.2) is 0 Å². The van der Waals surface area contributed by atoms with Crippen LogP contribution in [-0.2, 0) is 17.9 Å². The van der Waals surface area contributed by atoms with E-state index >= 15 is 0 Å². The van der Waals surface area contributed by atoms with Crippen LogP contribution in [0.1, 0.15) is 60.3 Å². The summed E-state index contributed by atoms with van der Waals surface area (Å²) in [5.41, 5.74) is 3.52. The van der Waals surface area contributed by atoms with Gasteiger partial charge in [0.25, 0.3) is 0 Å². The third-order valence-electron chi connectivity index (χ3n) is 5.84. The van der Waals surface area contributed by atoms with Gasteiger partial charge in [0.1, 0.15) is 17.2 Å². The van der Waals surface area contributed by atoms with Crippen molar-refractivity contribution in [2.45, 2.75) is 47.8 Å². The Balaban J connectivity index is 1.73. The smallest absolute Gasteiger partial charge is 0.232 e. The van der Waals surface area contributed by atoms with Crippen molar-refractivity contribution in [2.75, 3.05) is 19.9 Å². The van der Waals surface area contributed by atoms with Crippen molar-refractivity contribution in [3.05, 3.63) is 56.2 Å². The molecule has 0 atom stereocenters. The number of aryl methyl sites for hydroxylation is 1. The van der Waals surface area contributed by atoms with E-state index in [2.05, 4.69) is 48.5 Å². The summed E-state index contributed by atoms with van der Waals surface area (Å²) in [6, 6.07) is 5.51. The number of phenols is 1. The molecule has 2 aromatic rings. The molecule has 2 aromatic carbocycles. The van der Waals surface area contributed by atoms with Gasteiger partial charge in [0.05, 0.1) is 17.7 Å². The van der Waals surface area contributed by atoms with Gasteiger partial charge < -0.3 is 19.3 Å². The average Bonchev–Trinajstić information content (AvgIpc) is 3.06. The zero-order chi connectivity index (χ0) is 24.6. The number of allylic oxidation sites excluding steroid dienone is 1. The Labute approximate surface area is 209 Å². The summed E-state index contributed by atoms with van der Waals surface area (Å²) in [6.45, 7) is 13.4. The molecule has 0 amide bonds. The zero-order valence-corrected chi connectivity index (χ0v) is 22.0. The number of carbonyl (C=O) groups excluding carboxylic acids is 1. The molecule has 0 radical (unpaired) electrons. The van der Waals surface area contributed by atoms with Crippen LogP contribution in [0, 0.1) is 18.8 Å². The standard InChI is InChI=1S/C27H32BrNO5/c1-15(2)10-29(11-16(3)4)12-21-22(30)6-17(5)24-25(31)23(34-27(21)24)9-18-7-20(28)8-19-13-32-14-33-26(18)19/h6-9,15-16,30H,10-14H2,1-5H3/b23-9+. The van der Waals surface area contributed by atoms with E-state index in [4.69, 9.17) is 14.2 Å². The second kappa shape index (κ2) is 10.1. The molecule has 0 aliphatic carbocycles. The topological polar surface area (TPSA) is 68.2 Å². The Morgan fingerprint density at radius 1 is 1.12 bits per heavy atom. The third kappa shape index (κ3) is 5.16. The molecular weight excluding hydrogens is 498 g/mol. The normalized spacial score (nSPS) is 16.3. The second-order valence-corrected chi connectivity index (χ2v) is 10.8. The SMILES string of the molecule is Cc1cc(O)c(CN(CC(C)C)CC(C)C)c2c1C(=O)/C(=C\c1cc(Br)cc3c1OCOC3)O2. The van der Waals surface area contributed by atoms with Gasteiger partial charge >= 0.3 is 0 Å². The first-order valence-electron chi connectivity index (χ1n) is 11.7. The molecule has 182 valence electrons. The number of hydrogen-bond acceptors (Lipinski definition) is 6. The van der Waals surface area contributed by atoms with Gasteiger partial charge in [-0.2, -0.15) is 0 Å². The maximum absolute atomic E-state index is 13.4. The first-order valence-corrected chi connectivity index (χ1v) is 12.5. The van der Waals surface area contributed by atoms with E-state index < -0.39 is 0 Å². The van der Waals surface area contributed by atoms with Crippen LogP contribution in [0.4, 0.5) is 0 Å². The van der Waals surface area contributed by atoms with Crippen molar-refractivity contribution in [3.63, 3.8) is 0 Å². The highest BCUT2D eigenvalue weighted by Gasteiger charge is 2.34. The number of hydrogen-bond donors (Lipinski definition) is 1. The average molecular weight is 530 g/mol. The maximum Gasteiger partial charge on any atom is 0.232 e. The van der Waals surface area contributed by atoms with Gasteiger partial charge in [-0.05, 0) is 48.6 Å². The number of phenolic OH excluding ortho intramolecular Hbond substituents is 1. The van der Waals surface area contributed by atoms with E-state index in [9.17, 15) is 9.90 Å². The summed E-state index contributed by atoms with van der Waals surface area (Å²) in [5.74, 6) is 2.29. The molecule has 0 saturated carbocycles. The molecule has 0 spiro atoms. The number of nitrogens with zero attached hydrogens (tertiary/aromatic N) is 1. The van der Waals surface area contributed by atoms with Crippen molar-refractivity contribution in [1.82, 2.24) is 4.90 Å². The van der Waals surface area contributed by atoms with E-state index in [0.29, 0.717) is 53.2 Å². The lowest BCUT2D eigenvalue weighted by atomic mass is 9.98. The highest BCUT2D eigenvalue weighted by molar-refractivity contribution is 9.10. The summed E-state index contributed by atoms with van der Waals surface area (Å²) in [6.07, 6.45) is 1.72. The number of carbonyl (C=O) groups is 1. The number of Topliss-reactive ketones (excluding diaryl/α,β-unsaturated/α-hetero) is 1. The first kappa shape index (κ1) is 24.8. The van der Waals surface area contributed by atoms with Crippen LogP contribution in [0.15, 0.2) is 28.4 Å². The fraction of sp³-hybridized carbons (Fsp3) is 0.444. The summed E-state index contributed by atoms with van der Waals surface area (Å²) in [5, 5.41) is 10.9. The van der Waals surface area contributed by atoms with Crippen molar-refractivity contribution >= 4 is 27.8 Å². The predicted molar refractivity (Wildman–Crippen MR) is 135 cm³/mol. The van der Waals surface area contributed by atoms with Crippen molar-refractivity contribution < 1.29 is 24.1 Å². The number of aromatic hydroxyl groups is 1. The minimum absolute atomic E-state index is 0.156. The molecular formula is C27H32BrNO5. The summed E-state index contributed by atoms with van der Waals surface area (Å²) in [7, 11) is 0. The maximum atomic E-state index is 13.4. The van der Waals surface area contributed by atoms with Crippen molar-refractivity contribution in [1.29, 1.82) is 0 Å². The van der Waals surface area contributed by atoms with E-state index in [0.717, 1.165) is 28.7 Å². The number of halogens is 1. The van der Waals surface area contributed by atoms with Gasteiger partial charge in [-0.3, -0.25) is 9.69 Å². The van der Waals surface area contributed by atoms with Crippen molar-refractivity contribution in [3.8, 4) is 17.2 Å². The van der Waals surface area contributed by atoms with E-state index in [1.54, 1.807) is 12.1 Å². The minimum Gasteiger partial charge on any atom is -0.507 e. The summed E-state index contributed by atoms with van der Waals surface area (Å²) in [4.78, 5) is 15.7. The van der Waals surface area contributed by atoms with Crippen LogP contribution >= 0.6 is 15.9 Å².